The molecule has 0 bridgehead atoms. The first-order chi connectivity index (χ1) is 10.6. The van der Waals surface area contributed by atoms with Crippen molar-refractivity contribution in [2.75, 3.05) is 17.7 Å². The second-order valence-electron chi connectivity index (χ2n) is 4.68. The fraction of sp³-hybridized carbons (Fsp3) is 0.188. The molecule has 1 aromatic heterocycles. The van der Waals surface area contributed by atoms with E-state index < -0.39 is 0 Å². The fourth-order valence-electron chi connectivity index (χ4n) is 1.86. The number of carbonyl (C=O) groups excluding carboxylic acids is 2. The maximum atomic E-state index is 11.5. The number of hydrogen-bond acceptors (Lipinski definition) is 5. The lowest BCUT2D eigenvalue weighted by molar-refractivity contribution is -0.124. The second kappa shape index (κ2) is 7.21. The Hall–Kier alpha value is -2.89. The third-order valence-corrected chi connectivity index (χ3v) is 2.83. The predicted octanol–water partition coefficient (Wildman–Crippen LogP) is 2.75. The lowest BCUT2D eigenvalue weighted by atomic mass is 10.3. The van der Waals surface area contributed by atoms with Crippen molar-refractivity contribution in [1.29, 1.82) is 0 Å². The quantitative estimate of drug-likeness (QED) is 0.802. The molecule has 22 heavy (non-hydrogen) atoms. The molecule has 0 atom stereocenters. The molecular weight excluding hydrogens is 282 g/mol. The highest BCUT2D eigenvalue weighted by Gasteiger charge is 2.06. The van der Waals surface area contributed by atoms with Crippen LogP contribution in [0.2, 0.25) is 0 Å². The Morgan fingerprint density at radius 1 is 1.18 bits per heavy atom. The summed E-state index contributed by atoms with van der Waals surface area (Å²) in [5.41, 5.74) is 1.34. The molecule has 6 nitrogen and oxygen atoms in total. The van der Waals surface area contributed by atoms with Crippen molar-refractivity contribution >= 4 is 28.9 Å². The molecule has 2 rings (SSSR count). The van der Waals surface area contributed by atoms with Crippen LogP contribution in [0, 0.1) is 0 Å². The first-order valence-electron chi connectivity index (χ1n) is 6.74. The topological polar surface area (TPSA) is 80.3 Å². The SMILES string of the molecule is COc1ccccc1Nc1ccc(NC(=O)CC(C)=O)cn1. The largest absolute Gasteiger partial charge is 0.495 e. The van der Waals surface area contributed by atoms with Crippen molar-refractivity contribution in [3.63, 3.8) is 0 Å². The molecule has 1 heterocycles. The van der Waals surface area contributed by atoms with Gasteiger partial charge in [0.1, 0.15) is 17.4 Å². The van der Waals surface area contributed by atoms with E-state index in [2.05, 4.69) is 15.6 Å². The zero-order valence-corrected chi connectivity index (χ0v) is 12.4. The molecule has 0 spiro atoms. The number of ketones is 1. The number of rotatable bonds is 6. The molecule has 0 unspecified atom stereocenters. The number of amides is 1. The van der Waals surface area contributed by atoms with Gasteiger partial charge >= 0.3 is 0 Å². The number of aromatic nitrogens is 1. The van der Waals surface area contributed by atoms with E-state index in [1.54, 1.807) is 19.2 Å². The number of pyridine rings is 1. The summed E-state index contributed by atoms with van der Waals surface area (Å²) in [6.07, 6.45) is 1.39. The molecule has 1 amide bonds. The van der Waals surface area contributed by atoms with E-state index in [0.717, 1.165) is 5.69 Å². The Kier molecular flexibility index (Phi) is 5.08. The minimum absolute atomic E-state index is 0.138. The van der Waals surface area contributed by atoms with Crippen molar-refractivity contribution in [2.24, 2.45) is 0 Å². The maximum absolute atomic E-state index is 11.5. The van der Waals surface area contributed by atoms with Crippen molar-refractivity contribution in [2.45, 2.75) is 13.3 Å². The summed E-state index contributed by atoms with van der Waals surface area (Å²) in [7, 11) is 1.60. The van der Waals surface area contributed by atoms with Crippen LogP contribution >= 0.6 is 0 Å². The number of para-hydroxylation sites is 2. The van der Waals surface area contributed by atoms with Crippen LogP contribution in [0.15, 0.2) is 42.6 Å². The summed E-state index contributed by atoms with van der Waals surface area (Å²) in [6, 6.07) is 10.9. The number of nitrogens with zero attached hydrogens (tertiary/aromatic N) is 1. The maximum Gasteiger partial charge on any atom is 0.231 e. The molecular formula is C16H17N3O3. The lowest BCUT2D eigenvalue weighted by Gasteiger charge is -2.10. The van der Waals surface area contributed by atoms with Gasteiger partial charge in [-0.15, -0.1) is 0 Å². The van der Waals surface area contributed by atoms with E-state index in [1.165, 1.54) is 13.1 Å². The number of hydrogen-bond donors (Lipinski definition) is 2. The number of methoxy groups -OCH3 is 1. The van der Waals surface area contributed by atoms with E-state index in [-0.39, 0.29) is 18.1 Å². The summed E-state index contributed by atoms with van der Waals surface area (Å²) in [6.45, 7) is 1.37. The molecule has 0 aliphatic rings. The first-order valence-corrected chi connectivity index (χ1v) is 6.74. The van der Waals surface area contributed by atoms with Crippen LogP contribution in [0.5, 0.6) is 5.75 Å². The van der Waals surface area contributed by atoms with Gasteiger partial charge in [-0.1, -0.05) is 12.1 Å². The summed E-state index contributed by atoms with van der Waals surface area (Å²) >= 11 is 0. The van der Waals surface area contributed by atoms with Crippen LogP contribution in [-0.4, -0.2) is 23.8 Å². The number of Topliss-reactive ketones (excluding diaryl/α,β-unsaturated/α-hetero) is 1. The van der Waals surface area contributed by atoms with Gasteiger partial charge in [-0.3, -0.25) is 9.59 Å². The van der Waals surface area contributed by atoms with Crippen molar-refractivity contribution < 1.29 is 14.3 Å². The zero-order chi connectivity index (χ0) is 15.9. The monoisotopic (exact) mass is 299 g/mol. The smallest absolute Gasteiger partial charge is 0.231 e. The van der Waals surface area contributed by atoms with Gasteiger partial charge < -0.3 is 15.4 Å². The average Bonchev–Trinajstić information content (AvgIpc) is 2.49. The number of nitrogens with one attached hydrogen (secondary N) is 2. The van der Waals surface area contributed by atoms with Gasteiger partial charge in [-0.2, -0.15) is 0 Å². The van der Waals surface area contributed by atoms with E-state index in [9.17, 15) is 9.59 Å². The highest BCUT2D eigenvalue weighted by molar-refractivity contribution is 6.03. The second-order valence-corrected chi connectivity index (χ2v) is 4.68. The Labute approximate surface area is 128 Å². The van der Waals surface area contributed by atoms with Gasteiger partial charge in [0, 0.05) is 0 Å². The molecule has 1 aromatic carbocycles. The molecule has 0 fully saturated rings. The van der Waals surface area contributed by atoms with Gasteiger partial charge in [-0.05, 0) is 31.2 Å². The van der Waals surface area contributed by atoms with Crippen LogP contribution in [0.25, 0.3) is 0 Å². The number of carbonyl (C=O) groups is 2. The molecule has 0 radical (unpaired) electrons. The number of benzene rings is 1. The van der Waals surface area contributed by atoms with Gasteiger partial charge in [0.2, 0.25) is 5.91 Å². The molecule has 0 aliphatic carbocycles. The van der Waals surface area contributed by atoms with Crippen molar-refractivity contribution in [3.05, 3.63) is 42.6 Å². The Morgan fingerprint density at radius 2 is 1.95 bits per heavy atom. The Morgan fingerprint density at radius 3 is 2.59 bits per heavy atom. The normalized spacial score (nSPS) is 9.91. The van der Waals surface area contributed by atoms with E-state index in [0.29, 0.717) is 17.3 Å². The summed E-state index contributed by atoms with van der Waals surface area (Å²) in [5, 5.41) is 5.75. The van der Waals surface area contributed by atoms with E-state index >= 15 is 0 Å². The highest BCUT2D eigenvalue weighted by Crippen LogP contribution is 2.26. The van der Waals surface area contributed by atoms with E-state index in [1.807, 2.05) is 24.3 Å². The van der Waals surface area contributed by atoms with Crippen molar-refractivity contribution in [3.8, 4) is 5.75 Å². The van der Waals surface area contributed by atoms with Crippen molar-refractivity contribution in [1.82, 2.24) is 4.98 Å². The predicted molar refractivity (Wildman–Crippen MR) is 84.4 cm³/mol. The Balaban J connectivity index is 2.03. The highest BCUT2D eigenvalue weighted by atomic mass is 16.5. The van der Waals surface area contributed by atoms with Gasteiger partial charge in [0.15, 0.2) is 0 Å². The zero-order valence-electron chi connectivity index (χ0n) is 12.4. The van der Waals surface area contributed by atoms with Gasteiger partial charge in [0.05, 0.1) is 31.1 Å². The van der Waals surface area contributed by atoms with Crippen LogP contribution in [-0.2, 0) is 9.59 Å². The van der Waals surface area contributed by atoms with Crippen LogP contribution in [0.4, 0.5) is 17.2 Å². The fourth-order valence-corrected chi connectivity index (χ4v) is 1.86. The van der Waals surface area contributed by atoms with E-state index in [4.69, 9.17) is 4.74 Å². The van der Waals surface area contributed by atoms with Crippen LogP contribution in [0.3, 0.4) is 0 Å². The summed E-state index contributed by atoms with van der Waals surface area (Å²) in [4.78, 5) is 26.6. The lowest BCUT2D eigenvalue weighted by Crippen LogP contribution is -2.14. The molecule has 114 valence electrons. The minimum atomic E-state index is -0.347. The summed E-state index contributed by atoms with van der Waals surface area (Å²) in [5.74, 6) is 0.803. The minimum Gasteiger partial charge on any atom is -0.495 e. The molecule has 0 saturated carbocycles. The number of anilines is 3. The third-order valence-electron chi connectivity index (χ3n) is 2.83. The Bertz CT molecular complexity index is 669. The average molecular weight is 299 g/mol. The molecule has 0 saturated heterocycles. The van der Waals surface area contributed by atoms with Crippen LogP contribution < -0.4 is 15.4 Å². The van der Waals surface area contributed by atoms with Crippen LogP contribution in [0.1, 0.15) is 13.3 Å². The van der Waals surface area contributed by atoms with Gasteiger partial charge in [0.25, 0.3) is 0 Å². The molecule has 2 N–H and O–H groups in total. The standard InChI is InChI=1S/C16H17N3O3/c1-11(20)9-16(21)18-12-7-8-15(17-10-12)19-13-5-3-4-6-14(13)22-2/h3-8,10H,9H2,1-2H3,(H,17,19)(H,18,21). The molecule has 2 aromatic rings. The molecule has 6 heteroatoms. The first kappa shape index (κ1) is 15.5. The summed E-state index contributed by atoms with van der Waals surface area (Å²) < 4.78 is 5.25. The third kappa shape index (κ3) is 4.31. The molecule has 0 aliphatic heterocycles. The number of ether oxygens (including phenoxy) is 1. The van der Waals surface area contributed by atoms with Gasteiger partial charge in [-0.25, -0.2) is 4.98 Å².